The van der Waals surface area contributed by atoms with Gasteiger partial charge in [-0.15, -0.1) is 0 Å². The Labute approximate surface area is 201 Å². The van der Waals surface area contributed by atoms with E-state index in [4.69, 9.17) is 4.74 Å². The van der Waals surface area contributed by atoms with Gasteiger partial charge < -0.3 is 15.0 Å². The fraction of sp³-hybridized carbons (Fsp3) is 0.310. The van der Waals surface area contributed by atoms with Crippen molar-refractivity contribution in [1.29, 1.82) is 0 Å². The van der Waals surface area contributed by atoms with Crippen LogP contribution in [-0.2, 0) is 11.2 Å². The van der Waals surface area contributed by atoms with Crippen molar-refractivity contribution in [3.05, 3.63) is 101 Å². The third kappa shape index (κ3) is 5.14. The lowest BCUT2D eigenvalue weighted by Gasteiger charge is -2.38. The van der Waals surface area contributed by atoms with Gasteiger partial charge in [-0.1, -0.05) is 68.4 Å². The lowest BCUT2D eigenvalue weighted by atomic mass is 9.87. The molecule has 0 aliphatic carbocycles. The van der Waals surface area contributed by atoms with Crippen molar-refractivity contribution in [2.24, 2.45) is 0 Å². The molecule has 2 atom stereocenters. The molecular formula is C29H32N2O3. The first-order chi connectivity index (χ1) is 16.6. The Morgan fingerprint density at radius 1 is 1.00 bits per heavy atom. The Morgan fingerprint density at radius 3 is 2.38 bits per heavy atom. The highest BCUT2D eigenvalue weighted by Gasteiger charge is 2.33. The minimum absolute atomic E-state index is 0.0109. The van der Waals surface area contributed by atoms with E-state index in [-0.39, 0.29) is 17.9 Å². The molecule has 1 N–H and O–H groups in total. The Morgan fingerprint density at radius 2 is 1.71 bits per heavy atom. The van der Waals surface area contributed by atoms with Crippen LogP contribution in [0.15, 0.2) is 78.9 Å². The van der Waals surface area contributed by atoms with Gasteiger partial charge in [0.1, 0.15) is 5.75 Å². The number of nitrogens with one attached hydrogen (secondary N) is 1. The molecule has 5 heteroatoms. The fourth-order valence-corrected chi connectivity index (χ4v) is 4.48. The lowest BCUT2D eigenvalue weighted by Crippen LogP contribution is -2.41. The maximum absolute atomic E-state index is 13.5. The summed E-state index contributed by atoms with van der Waals surface area (Å²) in [6.07, 6.45) is 1.68. The third-order valence-electron chi connectivity index (χ3n) is 6.23. The van der Waals surface area contributed by atoms with Gasteiger partial charge in [0.25, 0.3) is 11.8 Å². The molecule has 3 aromatic rings. The van der Waals surface area contributed by atoms with E-state index in [0.717, 1.165) is 24.0 Å². The zero-order valence-corrected chi connectivity index (χ0v) is 19.9. The molecule has 1 aliphatic heterocycles. The van der Waals surface area contributed by atoms with Crippen molar-refractivity contribution in [3.63, 3.8) is 0 Å². The maximum atomic E-state index is 13.5. The standard InChI is InChI=1S/C29H32N2O3/c1-3-18-30-28(32)26(4-2)34-24-16-15-21-17-19-31(29(33)23-13-9-6-10-14-23)27(25(21)20-24)22-11-7-5-8-12-22/h5-16,20,26-27H,3-4,17-19H2,1-2H3,(H,30,32). The molecule has 0 spiro atoms. The minimum Gasteiger partial charge on any atom is -0.481 e. The van der Waals surface area contributed by atoms with Crippen molar-refractivity contribution in [1.82, 2.24) is 10.2 Å². The van der Waals surface area contributed by atoms with E-state index in [1.807, 2.05) is 79.4 Å². The van der Waals surface area contributed by atoms with Crippen LogP contribution in [0.1, 0.15) is 59.8 Å². The molecule has 0 saturated heterocycles. The van der Waals surface area contributed by atoms with Gasteiger partial charge in [0.05, 0.1) is 6.04 Å². The largest absolute Gasteiger partial charge is 0.481 e. The highest BCUT2D eigenvalue weighted by atomic mass is 16.5. The predicted octanol–water partition coefficient (Wildman–Crippen LogP) is 5.16. The number of hydrogen-bond donors (Lipinski definition) is 1. The van der Waals surface area contributed by atoms with Gasteiger partial charge in [-0.05, 0) is 60.2 Å². The molecule has 1 aliphatic rings. The zero-order chi connectivity index (χ0) is 23.9. The molecule has 34 heavy (non-hydrogen) atoms. The first kappa shape index (κ1) is 23.6. The molecule has 4 rings (SSSR count). The summed E-state index contributed by atoms with van der Waals surface area (Å²) in [6.45, 7) is 5.24. The van der Waals surface area contributed by atoms with Gasteiger partial charge in [0.2, 0.25) is 0 Å². The normalized spacial score (nSPS) is 15.8. The summed E-state index contributed by atoms with van der Waals surface area (Å²) in [5, 5.41) is 2.92. The van der Waals surface area contributed by atoms with Gasteiger partial charge in [-0.25, -0.2) is 0 Å². The zero-order valence-electron chi connectivity index (χ0n) is 19.9. The summed E-state index contributed by atoms with van der Waals surface area (Å²) in [6, 6.07) is 25.3. The van der Waals surface area contributed by atoms with E-state index >= 15 is 0 Å². The van der Waals surface area contributed by atoms with Gasteiger partial charge in [-0.3, -0.25) is 9.59 Å². The number of fused-ring (bicyclic) bond motifs is 1. The molecular weight excluding hydrogens is 424 g/mol. The molecule has 176 valence electrons. The molecule has 0 radical (unpaired) electrons. The lowest BCUT2D eigenvalue weighted by molar-refractivity contribution is -0.128. The van der Waals surface area contributed by atoms with E-state index in [1.165, 1.54) is 5.56 Å². The number of nitrogens with zero attached hydrogens (tertiary/aromatic N) is 1. The second kappa shape index (κ2) is 11.0. The summed E-state index contributed by atoms with van der Waals surface area (Å²) in [7, 11) is 0. The number of benzene rings is 3. The molecule has 3 aromatic carbocycles. The van der Waals surface area contributed by atoms with Crippen molar-refractivity contribution < 1.29 is 14.3 Å². The fourth-order valence-electron chi connectivity index (χ4n) is 4.48. The van der Waals surface area contributed by atoms with Crippen molar-refractivity contribution in [2.75, 3.05) is 13.1 Å². The summed E-state index contributed by atoms with van der Waals surface area (Å²) in [4.78, 5) is 28.0. The molecule has 0 bridgehead atoms. The van der Waals surface area contributed by atoms with E-state index in [9.17, 15) is 9.59 Å². The van der Waals surface area contributed by atoms with Gasteiger partial charge >= 0.3 is 0 Å². The van der Waals surface area contributed by atoms with Crippen LogP contribution < -0.4 is 10.1 Å². The van der Waals surface area contributed by atoms with Crippen molar-refractivity contribution >= 4 is 11.8 Å². The van der Waals surface area contributed by atoms with Crippen LogP contribution in [-0.4, -0.2) is 35.9 Å². The van der Waals surface area contributed by atoms with E-state index < -0.39 is 6.10 Å². The summed E-state index contributed by atoms with van der Waals surface area (Å²) < 4.78 is 6.14. The number of rotatable bonds is 8. The molecule has 5 nitrogen and oxygen atoms in total. The Balaban J connectivity index is 1.69. The number of carbonyl (C=O) groups is 2. The Hall–Kier alpha value is -3.60. The topological polar surface area (TPSA) is 58.6 Å². The van der Waals surface area contributed by atoms with Crippen LogP contribution in [0.3, 0.4) is 0 Å². The first-order valence-electron chi connectivity index (χ1n) is 12.1. The number of carbonyl (C=O) groups excluding carboxylic acids is 2. The minimum atomic E-state index is -0.551. The van der Waals surface area contributed by atoms with Crippen LogP contribution in [0.2, 0.25) is 0 Å². The van der Waals surface area contributed by atoms with Crippen LogP contribution in [0.4, 0.5) is 0 Å². The molecule has 2 unspecified atom stereocenters. The van der Waals surface area contributed by atoms with E-state index in [0.29, 0.717) is 30.8 Å². The van der Waals surface area contributed by atoms with Crippen molar-refractivity contribution in [2.45, 2.75) is 45.3 Å². The molecule has 0 saturated carbocycles. The monoisotopic (exact) mass is 456 g/mol. The summed E-state index contributed by atoms with van der Waals surface area (Å²) in [5.41, 5.74) is 3.97. The second-order valence-electron chi connectivity index (χ2n) is 8.59. The van der Waals surface area contributed by atoms with Gasteiger partial charge in [0.15, 0.2) is 6.10 Å². The van der Waals surface area contributed by atoms with Crippen LogP contribution >= 0.6 is 0 Å². The quantitative estimate of drug-likeness (QED) is 0.509. The van der Waals surface area contributed by atoms with Crippen molar-refractivity contribution in [3.8, 4) is 5.75 Å². The van der Waals surface area contributed by atoms with Gasteiger partial charge in [0, 0.05) is 18.7 Å². The smallest absolute Gasteiger partial charge is 0.261 e. The SMILES string of the molecule is CCCNC(=O)C(CC)Oc1ccc2c(c1)C(c1ccccc1)N(C(=O)c1ccccc1)CC2. The molecule has 2 amide bonds. The molecule has 0 fully saturated rings. The van der Waals surface area contributed by atoms with Gasteiger partial charge in [-0.2, -0.15) is 0 Å². The van der Waals surface area contributed by atoms with E-state index in [2.05, 4.69) is 23.5 Å². The number of amides is 2. The third-order valence-corrected chi connectivity index (χ3v) is 6.23. The second-order valence-corrected chi connectivity index (χ2v) is 8.59. The highest BCUT2D eigenvalue weighted by molar-refractivity contribution is 5.95. The first-order valence-corrected chi connectivity index (χ1v) is 12.1. The summed E-state index contributed by atoms with van der Waals surface area (Å²) >= 11 is 0. The van der Waals surface area contributed by atoms with Crippen LogP contribution in [0.5, 0.6) is 5.75 Å². The Bertz CT molecular complexity index is 1110. The molecule has 1 heterocycles. The maximum Gasteiger partial charge on any atom is 0.261 e. The predicted molar refractivity (Wildman–Crippen MR) is 134 cm³/mol. The van der Waals surface area contributed by atoms with E-state index in [1.54, 1.807) is 0 Å². The number of ether oxygens (including phenoxy) is 1. The highest BCUT2D eigenvalue weighted by Crippen LogP contribution is 2.38. The number of hydrogen-bond acceptors (Lipinski definition) is 3. The Kier molecular flexibility index (Phi) is 7.63. The average molecular weight is 457 g/mol. The average Bonchev–Trinajstić information content (AvgIpc) is 2.90. The molecule has 0 aromatic heterocycles. The van der Waals surface area contributed by atoms with Crippen LogP contribution in [0.25, 0.3) is 0 Å². The van der Waals surface area contributed by atoms with Crippen LogP contribution in [0, 0.1) is 0 Å². The summed E-state index contributed by atoms with van der Waals surface area (Å²) in [5.74, 6) is 0.562.